The van der Waals surface area contributed by atoms with E-state index in [1.54, 1.807) is 24.3 Å². The van der Waals surface area contributed by atoms with Gasteiger partial charge in [-0.3, -0.25) is 9.59 Å². The standard InChI is InChI=1S/C19H26N2O3/c20-18(22)12-24-17-9-6-14(7-10-17)19(23)21-16-8-5-13-3-1-2-4-15(13)11-16/h6-7,9-10,13,15-16H,1-5,8,11-12H2,(H2,20,22)(H,21,23)/t13-,15-,16-/m1/s1. The fraction of sp³-hybridized carbons (Fsp3) is 0.579. The molecule has 2 fully saturated rings. The lowest BCUT2D eigenvalue weighted by molar-refractivity contribution is -0.119. The Morgan fingerprint density at radius 1 is 1.04 bits per heavy atom. The Kier molecular flexibility index (Phi) is 5.38. The first kappa shape index (κ1) is 16.8. The summed E-state index contributed by atoms with van der Waals surface area (Å²) in [5.41, 5.74) is 5.66. The summed E-state index contributed by atoms with van der Waals surface area (Å²) in [5.74, 6) is 1.66. The first-order chi connectivity index (χ1) is 11.6. The Bertz CT molecular complexity index is 585. The minimum absolute atomic E-state index is 0.0317. The molecule has 2 aliphatic rings. The quantitative estimate of drug-likeness (QED) is 0.871. The molecule has 0 aromatic heterocycles. The zero-order chi connectivity index (χ0) is 16.9. The summed E-state index contributed by atoms with van der Waals surface area (Å²) in [4.78, 5) is 23.1. The highest BCUT2D eigenvalue weighted by atomic mass is 16.5. The van der Waals surface area contributed by atoms with E-state index in [1.165, 1.54) is 32.1 Å². The smallest absolute Gasteiger partial charge is 0.255 e. The van der Waals surface area contributed by atoms with Gasteiger partial charge in [-0.05, 0) is 55.4 Å². The van der Waals surface area contributed by atoms with Crippen molar-refractivity contribution in [1.82, 2.24) is 5.32 Å². The van der Waals surface area contributed by atoms with Gasteiger partial charge in [0.15, 0.2) is 6.61 Å². The number of ether oxygens (including phenoxy) is 1. The number of carbonyl (C=O) groups excluding carboxylic acids is 2. The Morgan fingerprint density at radius 2 is 1.75 bits per heavy atom. The monoisotopic (exact) mass is 330 g/mol. The number of rotatable bonds is 5. The molecule has 0 saturated heterocycles. The second kappa shape index (κ2) is 7.69. The van der Waals surface area contributed by atoms with Crippen LogP contribution in [0.4, 0.5) is 0 Å². The minimum atomic E-state index is -0.518. The van der Waals surface area contributed by atoms with Gasteiger partial charge < -0.3 is 15.8 Å². The predicted molar refractivity (Wildman–Crippen MR) is 91.7 cm³/mol. The number of carbonyl (C=O) groups is 2. The number of amides is 2. The number of primary amides is 1. The normalized spacial score (nSPS) is 26.2. The molecule has 130 valence electrons. The maximum absolute atomic E-state index is 12.4. The molecule has 2 saturated carbocycles. The van der Waals surface area contributed by atoms with Crippen molar-refractivity contribution >= 4 is 11.8 Å². The van der Waals surface area contributed by atoms with Crippen LogP contribution in [0.3, 0.4) is 0 Å². The molecule has 0 aliphatic heterocycles. The molecule has 0 bridgehead atoms. The minimum Gasteiger partial charge on any atom is -0.484 e. The van der Waals surface area contributed by atoms with Crippen LogP contribution in [0.15, 0.2) is 24.3 Å². The lowest BCUT2D eigenvalue weighted by Gasteiger charge is -2.39. The summed E-state index contributed by atoms with van der Waals surface area (Å²) in [5, 5.41) is 3.18. The van der Waals surface area contributed by atoms with Gasteiger partial charge in [0.2, 0.25) is 0 Å². The Hall–Kier alpha value is -2.04. The zero-order valence-electron chi connectivity index (χ0n) is 14.0. The SMILES string of the molecule is NC(=O)COc1ccc(C(=O)N[C@@H]2CC[C@H]3CCCC[C@@H]3C2)cc1. The van der Waals surface area contributed by atoms with Gasteiger partial charge in [0, 0.05) is 11.6 Å². The van der Waals surface area contributed by atoms with E-state index in [-0.39, 0.29) is 12.5 Å². The number of nitrogens with one attached hydrogen (secondary N) is 1. The number of nitrogens with two attached hydrogens (primary N) is 1. The predicted octanol–water partition coefficient (Wildman–Crippen LogP) is 2.64. The van der Waals surface area contributed by atoms with Crippen LogP contribution < -0.4 is 15.8 Å². The van der Waals surface area contributed by atoms with Crippen LogP contribution in [0.2, 0.25) is 0 Å². The van der Waals surface area contributed by atoms with Crippen LogP contribution in [0.1, 0.15) is 55.3 Å². The lowest BCUT2D eigenvalue weighted by Crippen LogP contribution is -2.41. The van der Waals surface area contributed by atoms with Gasteiger partial charge in [-0.25, -0.2) is 0 Å². The fourth-order valence-corrected chi connectivity index (χ4v) is 4.13. The molecule has 5 heteroatoms. The first-order valence-corrected chi connectivity index (χ1v) is 8.94. The Labute approximate surface area is 142 Å². The summed E-state index contributed by atoms with van der Waals surface area (Å²) >= 11 is 0. The van der Waals surface area contributed by atoms with Crippen molar-refractivity contribution in [3.8, 4) is 5.75 Å². The third kappa shape index (κ3) is 4.28. The molecular formula is C19H26N2O3. The highest BCUT2D eigenvalue weighted by molar-refractivity contribution is 5.94. The molecule has 5 nitrogen and oxygen atoms in total. The van der Waals surface area contributed by atoms with E-state index in [9.17, 15) is 9.59 Å². The molecule has 24 heavy (non-hydrogen) atoms. The van der Waals surface area contributed by atoms with Gasteiger partial charge in [0.05, 0.1) is 0 Å². The summed E-state index contributed by atoms with van der Waals surface area (Å²) in [6.07, 6.45) is 8.87. The van der Waals surface area contributed by atoms with E-state index in [2.05, 4.69) is 5.32 Å². The molecule has 2 aliphatic carbocycles. The molecule has 0 unspecified atom stereocenters. The van der Waals surface area contributed by atoms with Crippen molar-refractivity contribution in [2.24, 2.45) is 17.6 Å². The summed E-state index contributed by atoms with van der Waals surface area (Å²) in [6, 6.07) is 7.12. The molecule has 3 rings (SSSR count). The third-order valence-corrected chi connectivity index (χ3v) is 5.37. The topological polar surface area (TPSA) is 81.4 Å². The highest BCUT2D eigenvalue weighted by Gasteiger charge is 2.32. The zero-order valence-corrected chi connectivity index (χ0v) is 14.0. The molecule has 0 spiro atoms. The van der Waals surface area contributed by atoms with Gasteiger partial charge in [0.1, 0.15) is 5.75 Å². The number of benzene rings is 1. The number of hydrogen-bond donors (Lipinski definition) is 2. The molecule has 3 atom stereocenters. The van der Waals surface area contributed by atoms with Gasteiger partial charge in [-0.15, -0.1) is 0 Å². The van der Waals surface area contributed by atoms with E-state index in [0.29, 0.717) is 17.4 Å². The maximum Gasteiger partial charge on any atom is 0.255 e. The second-order valence-electron chi connectivity index (χ2n) is 7.07. The number of hydrogen-bond acceptors (Lipinski definition) is 3. The molecule has 2 amide bonds. The summed E-state index contributed by atoms with van der Waals surface area (Å²) in [7, 11) is 0. The Morgan fingerprint density at radius 3 is 2.46 bits per heavy atom. The van der Waals surface area contributed by atoms with Gasteiger partial charge in [0.25, 0.3) is 11.8 Å². The molecular weight excluding hydrogens is 304 g/mol. The van der Waals surface area contributed by atoms with Gasteiger partial charge in [-0.2, -0.15) is 0 Å². The van der Waals surface area contributed by atoms with Crippen LogP contribution in [-0.2, 0) is 4.79 Å². The molecule has 1 aromatic rings. The largest absolute Gasteiger partial charge is 0.484 e. The summed E-state index contributed by atoms with van der Waals surface area (Å²) in [6.45, 7) is -0.157. The van der Waals surface area contributed by atoms with Crippen LogP contribution >= 0.6 is 0 Å². The van der Waals surface area contributed by atoms with Crippen molar-refractivity contribution in [3.05, 3.63) is 29.8 Å². The molecule has 1 aromatic carbocycles. The van der Waals surface area contributed by atoms with E-state index in [4.69, 9.17) is 10.5 Å². The average molecular weight is 330 g/mol. The first-order valence-electron chi connectivity index (χ1n) is 8.94. The van der Waals surface area contributed by atoms with E-state index in [1.807, 2.05) is 0 Å². The van der Waals surface area contributed by atoms with Crippen molar-refractivity contribution in [2.75, 3.05) is 6.61 Å². The average Bonchev–Trinajstić information content (AvgIpc) is 2.60. The van der Waals surface area contributed by atoms with Gasteiger partial charge in [-0.1, -0.05) is 25.7 Å². The van der Waals surface area contributed by atoms with Gasteiger partial charge >= 0.3 is 0 Å². The van der Waals surface area contributed by atoms with Crippen molar-refractivity contribution in [3.63, 3.8) is 0 Å². The molecule has 0 radical (unpaired) electrons. The van der Waals surface area contributed by atoms with Crippen LogP contribution in [0.5, 0.6) is 5.75 Å². The van der Waals surface area contributed by atoms with E-state index < -0.39 is 5.91 Å². The van der Waals surface area contributed by atoms with Crippen LogP contribution in [0.25, 0.3) is 0 Å². The van der Waals surface area contributed by atoms with Crippen LogP contribution in [-0.4, -0.2) is 24.5 Å². The van der Waals surface area contributed by atoms with E-state index in [0.717, 1.165) is 24.7 Å². The molecule has 0 heterocycles. The number of fused-ring (bicyclic) bond motifs is 1. The van der Waals surface area contributed by atoms with Crippen molar-refractivity contribution in [2.45, 2.75) is 51.0 Å². The van der Waals surface area contributed by atoms with Crippen molar-refractivity contribution < 1.29 is 14.3 Å². The third-order valence-electron chi connectivity index (χ3n) is 5.37. The summed E-state index contributed by atoms with van der Waals surface area (Å²) < 4.78 is 5.21. The van der Waals surface area contributed by atoms with E-state index >= 15 is 0 Å². The van der Waals surface area contributed by atoms with Crippen molar-refractivity contribution in [1.29, 1.82) is 0 Å². The lowest BCUT2D eigenvalue weighted by atomic mass is 9.69. The Balaban J connectivity index is 1.52. The maximum atomic E-state index is 12.4. The second-order valence-corrected chi connectivity index (χ2v) is 7.07. The van der Waals surface area contributed by atoms with Crippen LogP contribution in [0, 0.1) is 11.8 Å². The highest BCUT2D eigenvalue weighted by Crippen LogP contribution is 2.40. The fourth-order valence-electron chi connectivity index (χ4n) is 4.13. The molecule has 3 N–H and O–H groups in total.